The Morgan fingerprint density at radius 3 is 2.20 bits per heavy atom. The van der Waals surface area contributed by atoms with Crippen LogP contribution in [0.2, 0.25) is 0 Å². The number of hydrazine groups is 1. The van der Waals surface area contributed by atoms with Gasteiger partial charge in [-0.25, -0.2) is 5.84 Å². The Morgan fingerprint density at radius 1 is 1.15 bits per heavy atom. The summed E-state index contributed by atoms with van der Waals surface area (Å²) in [6, 6.07) is 10.2. The molecule has 0 fully saturated rings. The summed E-state index contributed by atoms with van der Waals surface area (Å²) in [5.41, 5.74) is 3.30. The van der Waals surface area contributed by atoms with Gasteiger partial charge < -0.3 is 0 Å². The molecule has 20 heavy (non-hydrogen) atoms. The van der Waals surface area contributed by atoms with Crippen molar-refractivity contribution in [2.45, 2.75) is 39.7 Å². The minimum Gasteiger partial charge on any atom is -0.300 e. The van der Waals surface area contributed by atoms with Gasteiger partial charge in [-0.3, -0.25) is 15.1 Å². The Morgan fingerprint density at radius 2 is 1.75 bits per heavy atom. The fourth-order valence-electron chi connectivity index (χ4n) is 2.33. The van der Waals surface area contributed by atoms with E-state index in [0.29, 0.717) is 18.5 Å². The SMILES string of the molecule is CC(C)CN(CC(C(=O)NN)c1ccccc1)C(C)C. The van der Waals surface area contributed by atoms with E-state index >= 15 is 0 Å². The Balaban J connectivity index is 2.91. The van der Waals surface area contributed by atoms with Crippen molar-refractivity contribution >= 4 is 5.91 Å². The number of nitrogens with one attached hydrogen (secondary N) is 1. The van der Waals surface area contributed by atoms with Crippen LogP contribution in [0.25, 0.3) is 0 Å². The molecular weight excluding hydrogens is 250 g/mol. The molecule has 112 valence electrons. The second-order valence-corrected chi connectivity index (χ2v) is 5.91. The number of hydrogen-bond acceptors (Lipinski definition) is 3. The zero-order valence-electron chi connectivity index (χ0n) is 13.0. The molecule has 1 unspecified atom stereocenters. The Kier molecular flexibility index (Phi) is 6.68. The molecule has 1 atom stereocenters. The van der Waals surface area contributed by atoms with Gasteiger partial charge in [0.2, 0.25) is 5.91 Å². The average Bonchev–Trinajstić information content (AvgIpc) is 2.42. The van der Waals surface area contributed by atoms with Gasteiger partial charge in [0.15, 0.2) is 0 Å². The lowest BCUT2D eigenvalue weighted by Crippen LogP contribution is -2.43. The lowest BCUT2D eigenvalue weighted by molar-refractivity contribution is -0.123. The molecule has 0 aliphatic heterocycles. The third-order valence-electron chi connectivity index (χ3n) is 3.41. The zero-order valence-corrected chi connectivity index (χ0v) is 13.0. The summed E-state index contributed by atoms with van der Waals surface area (Å²) in [7, 11) is 0. The molecule has 0 aliphatic carbocycles. The molecular formula is C16H27N3O. The van der Waals surface area contributed by atoms with Crippen LogP contribution in [0.3, 0.4) is 0 Å². The second-order valence-electron chi connectivity index (χ2n) is 5.91. The van der Waals surface area contributed by atoms with Crippen LogP contribution in [-0.2, 0) is 4.79 Å². The summed E-state index contributed by atoms with van der Waals surface area (Å²) in [5, 5.41) is 0. The Hall–Kier alpha value is -1.39. The molecule has 0 aliphatic rings. The molecule has 3 N–H and O–H groups in total. The quantitative estimate of drug-likeness (QED) is 0.456. The van der Waals surface area contributed by atoms with Crippen LogP contribution in [0.1, 0.15) is 39.2 Å². The highest BCUT2D eigenvalue weighted by Crippen LogP contribution is 2.19. The van der Waals surface area contributed by atoms with E-state index in [2.05, 4.69) is 38.0 Å². The van der Waals surface area contributed by atoms with E-state index in [9.17, 15) is 4.79 Å². The molecule has 1 aromatic rings. The van der Waals surface area contributed by atoms with Gasteiger partial charge in [0.1, 0.15) is 0 Å². The van der Waals surface area contributed by atoms with Gasteiger partial charge in [0, 0.05) is 19.1 Å². The molecule has 1 aromatic carbocycles. The fraction of sp³-hybridized carbons (Fsp3) is 0.562. The summed E-state index contributed by atoms with van der Waals surface area (Å²) < 4.78 is 0. The summed E-state index contributed by atoms with van der Waals surface area (Å²) in [6.45, 7) is 10.4. The van der Waals surface area contributed by atoms with E-state index < -0.39 is 0 Å². The summed E-state index contributed by atoms with van der Waals surface area (Å²) >= 11 is 0. The van der Waals surface area contributed by atoms with Crippen LogP contribution in [0.15, 0.2) is 30.3 Å². The van der Waals surface area contributed by atoms with Crippen LogP contribution in [0.5, 0.6) is 0 Å². The highest BCUT2D eigenvalue weighted by Gasteiger charge is 2.24. The van der Waals surface area contributed by atoms with E-state index in [1.165, 1.54) is 0 Å². The molecule has 4 heteroatoms. The number of carbonyl (C=O) groups is 1. The van der Waals surface area contributed by atoms with Gasteiger partial charge in [-0.15, -0.1) is 0 Å². The van der Waals surface area contributed by atoms with Gasteiger partial charge in [-0.2, -0.15) is 0 Å². The number of hydrogen-bond donors (Lipinski definition) is 2. The maximum atomic E-state index is 12.1. The van der Waals surface area contributed by atoms with Crippen molar-refractivity contribution in [2.24, 2.45) is 11.8 Å². The maximum absolute atomic E-state index is 12.1. The lowest BCUT2D eigenvalue weighted by atomic mass is 9.96. The van der Waals surface area contributed by atoms with E-state index in [4.69, 9.17) is 5.84 Å². The molecule has 0 saturated carbocycles. The van der Waals surface area contributed by atoms with Crippen LogP contribution in [-0.4, -0.2) is 29.9 Å². The molecule has 0 heterocycles. The van der Waals surface area contributed by atoms with E-state index in [1.54, 1.807) is 0 Å². The van der Waals surface area contributed by atoms with Crippen molar-refractivity contribution in [3.05, 3.63) is 35.9 Å². The van der Waals surface area contributed by atoms with Crippen molar-refractivity contribution in [3.8, 4) is 0 Å². The third kappa shape index (κ3) is 4.94. The predicted molar refractivity (Wildman–Crippen MR) is 83.1 cm³/mol. The summed E-state index contributed by atoms with van der Waals surface area (Å²) in [4.78, 5) is 14.4. The summed E-state index contributed by atoms with van der Waals surface area (Å²) in [5.74, 6) is 5.54. The van der Waals surface area contributed by atoms with Crippen molar-refractivity contribution in [2.75, 3.05) is 13.1 Å². The van der Waals surface area contributed by atoms with Crippen molar-refractivity contribution < 1.29 is 4.79 Å². The number of nitrogens with two attached hydrogens (primary N) is 1. The van der Waals surface area contributed by atoms with Crippen LogP contribution in [0, 0.1) is 5.92 Å². The minimum absolute atomic E-state index is 0.134. The van der Waals surface area contributed by atoms with Crippen LogP contribution in [0.4, 0.5) is 0 Å². The molecule has 1 rings (SSSR count). The molecule has 0 aromatic heterocycles. The monoisotopic (exact) mass is 277 g/mol. The fourth-order valence-corrected chi connectivity index (χ4v) is 2.33. The number of carbonyl (C=O) groups excluding carboxylic acids is 1. The number of nitrogens with zero attached hydrogens (tertiary/aromatic N) is 1. The zero-order chi connectivity index (χ0) is 15.1. The van der Waals surface area contributed by atoms with Gasteiger partial charge >= 0.3 is 0 Å². The van der Waals surface area contributed by atoms with Gasteiger partial charge in [-0.05, 0) is 25.3 Å². The first-order valence-corrected chi connectivity index (χ1v) is 7.25. The number of amides is 1. The number of benzene rings is 1. The maximum Gasteiger partial charge on any atom is 0.242 e. The first kappa shape index (κ1) is 16.7. The van der Waals surface area contributed by atoms with E-state index in [-0.39, 0.29) is 11.8 Å². The minimum atomic E-state index is -0.234. The third-order valence-corrected chi connectivity index (χ3v) is 3.41. The average molecular weight is 277 g/mol. The highest BCUT2D eigenvalue weighted by atomic mass is 16.2. The molecule has 1 amide bonds. The highest BCUT2D eigenvalue weighted by molar-refractivity contribution is 5.83. The molecule has 0 spiro atoms. The summed E-state index contributed by atoms with van der Waals surface area (Å²) in [6.07, 6.45) is 0. The smallest absolute Gasteiger partial charge is 0.242 e. The van der Waals surface area contributed by atoms with Crippen molar-refractivity contribution in [1.82, 2.24) is 10.3 Å². The largest absolute Gasteiger partial charge is 0.300 e. The molecule has 0 saturated heterocycles. The molecule has 0 bridgehead atoms. The molecule has 4 nitrogen and oxygen atoms in total. The van der Waals surface area contributed by atoms with Gasteiger partial charge in [-0.1, -0.05) is 44.2 Å². The van der Waals surface area contributed by atoms with Gasteiger partial charge in [0.25, 0.3) is 0 Å². The first-order chi connectivity index (χ1) is 9.45. The first-order valence-electron chi connectivity index (χ1n) is 7.25. The second kappa shape index (κ2) is 8.02. The standard InChI is InChI=1S/C16H27N3O/c1-12(2)10-19(13(3)4)11-15(16(20)18-17)14-8-6-5-7-9-14/h5-9,12-13,15H,10-11,17H2,1-4H3,(H,18,20). The van der Waals surface area contributed by atoms with Crippen molar-refractivity contribution in [1.29, 1.82) is 0 Å². The topological polar surface area (TPSA) is 58.4 Å². The van der Waals surface area contributed by atoms with Gasteiger partial charge in [0.05, 0.1) is 5.92 Å². The lowest BCUT2D eigenvalue weighted by Gasteiger charge is -2.31. The normalized spacial score (nSPS) is 13.0. The van der Waals surface area contributed by atoms with E-state index in [1.807, 2.05) is 30.3 Å². The Bertz CT molecular complexity index is 403. The Labute approximate surface area is 122 Å². The van der Waals surface area contributed by atoms with Crippen LogP contribution >= 0.6 is 0 Å². The number of rotatable bonds is 7. The molecule has 0 radical (unpaired) electrons. The van der Waals surface area contributed by atoms with Crippen molar-refractivity contribution in [3.63, 3.8) is 0 Å². The predicted octanol–water partition coefficient (Wildman–Crippen LogP) is 2.13. The van der Waals surface area contributed by atoms with E-state index in [0.717, 1.165) is 12.1 Å². The van der Waals surface area contributed by atoms with Crippen LogP contribution < -0.4 is 11.3 Å².